The molecule has 6 nitrogen and oxygen atoms in total. The SMILES string of the molecule is CNc1ncnc(N2CCN(c3ccccn3)CC2)c1C. The summed E-state index contributed by atoms with van der Waals surface area (Å²) >= 11 is 0. The zero-order valence-electron chi connectivity index (χ0n) is 12.5. The monoisotopic (exact) mass is 284 g/mol. The summed E-state index contributed by atoms with van der Waals surface area (Å²) < 4.78 is 0. The molecule has 1 fully saturated rings. The van der Waals surface area contributed by atoms with Crippen LogP contribution in [0.25, 0.3) is 0 Å². The van der Waals surface area contributed by atoms with E-state index in [0.717, 1.165) is 49.2 Å². The first-order valence-corrected chi connectivity index (χ1v) is 7.20. The lowest BCUT2D eigenvalue weighted by molar-refractivity contribution is 0.639. The number of hydrogen-bond donors (Lipinski definition) is 1. The van der Waals surface area contributed by atoms with Gasteiger partial charge < -0.3 is 15.1 Å². The Bertz CT molecular complexity index is 592. The maximum Gasteiger partial charge on any atom is 0.137 e. The largest absolute Gasteiger partial charge is 0.373 e. The molecule has 110 valence electrons. The van der Waals surface area contributed by atoms with E-state index < -0.39 is 0 Å². The average molecular weight is 284 g/mol. The standard InChI is InChI=1S/C15H20N6/c1-12-14(16-2)18-11-19-15(12)21-9-7-20(8-10-21)13-5-3-4-6-17-13/h3-6,11H,7-10H2,1-2H3,(H,16,18,19). The highest BCUT2D eigenvalue weighted by atomic mass is 15.3. The second-order valence-electron chi connectivity index (χ2n) is 5.08. The number of anilines is 3. The summed E-state index contributed by atoms with van der Waals surface area (Å²) in [5.74, 6) is 2.97. The summed E-state index contributed by atoms with van der Waals surface area (Å²) in [7, 11) is 1.89. The predicted molar refractivity (Wildman–Crippen MR) is 85.0 cm³/mol. The van der Waals surface area contributed by atoms with Crippen molar-refractivity contribution < 1.29 is 0 Å². The molecule has 0 atom stereocenters. The molecule has 1 N–H and O–H groups in total. The number of nitrogens with one attached hydrogen (secondary N) is 1. The molecule has 2 aromatic heterocycles. The Morgan fingerprint density at radius 3 is 2.43 bits per heavy atom. The normalized spacial score (nSPS) is 15.1. The number of piperazine rings is 1. The number of aromatic nitrogens is 3. The van der Waals surface area contributed by atoms with Gasteiger partial charge in [0.05, 0.1) is 0 Å². The van der Waals surface area contributed by atoms with E-state index in [1.54, 1.807) is 6.33 Å². The predicted octanol–water partition coefficient (Wildman–Crippen LogP) is 1.55. The first-order valence-electron chi connectivity index (χ1n) is 7.20. The summed E-state index contributed by atoms with van der Waals surface area (Å²) in [5.41, 5.74) is 1.10. The molecule has 0 aromatic carbocycles. The van der Waals surface area contributed by atoms with Gasteiger partial charge in [0.15, 0.2) is 0 Å². The molecule has 0 saturated carbocycles. The number of pyridine rings is 1. The Labute approximate surface area is 124 Å². The van der Waals surface area contributed by atoms with Crippen LogP contribution >= 0.6 is 0 Å². The van der Waals surface area contributed by atoms with E-state index in [1.165, 1.54) is 0 Å². The van der Waals surface area contributed by atoms with Crippen LogP contribution < -0.4 is 15.1 Å². The summed E-state index contributed by atoms with van der Waals surface area (Å²) in [6.45, 7) is 5.85. The van der Waals surface area contributed by atoms with Gasteiger partial charge in [0.25, 0.3) is 0 Å². The highest BCUT2D eigenvalue weighted by Crippen LogP contribution is 2.23. The van der Waals surface area contributed by atoms with E-state index in [9.17, 15) is 0 Å². The van der Waals surface area contributed by atoms with Crippen molar-refractivity contribution in [1.82, 2.24) is 15.0 Å². The summed E-state index contributed by atoms with van der Waals surface area (Å²) in [6, 6.07) is 6.04. The third kappa shape index (κ3) is 2.74. The maximum absolute atomic E-state index is 4.45. The van der Waals surface area contributed by atoms with Crippen molar-refractivity contribution in [2.24, 2.45) is 0 Å². The highest BCUT2D eigenvalue weighted by molar-refractivity contribution is 5.58. The van der Waals surface area contributed by atoms with Gasteiger partial charge in [-0.05, 0) is 19.1 Å². The molecule has 0 unspecified atom stereocenters. The first kappa shape index (κ1) is 13.6. The van der Waals surface area contributed by atoms with E-state index in [0.29, 0.717) is 0 Å². The maximum atomic E-state index is 4.45. The molecule has 3 rings (SSSR count). The Hall–Kier alpha value is -2.37. The van der Waals surface area contributed by atoms with Crippen molar-refractivity contribution in [3.05, 3.63) is 36.3 Å². The number of hydrogen-bond acceptors (Lipinski definition) is 6. The Morgan fingerprint density at radius 2 is 1.76 bits per heavy atom. The number of rotatable bonds is 3. The quantitative estimate of drug-likeness (QED) is 0.923. The molecule has 2 aromatic rings. The second-order valence-corrected chi connectivity index (χ2v) is 5.08. The molecule has 0 spiro atoms. The molecule has 1 aliphatic rings. The molecule has 0 radical (unpaired) electrons. The van der Waals surface area contributed by atoms with Crippen LogP contribution in [0, 0.1) is 6.92 Å². The fourth-order valence-electron chi connectivity index (χ4n) is 2.70. The van der Waals surface area contributed by atoms with Crippen LogP contribution in [0.3, 0.4) is 0 Å². The molecular formula is C15H20N6. The molecular weight excluding hydrogens is 264 g/mol. The van der Waals surface area contributed by atoms with Gasteiger partial charge in [-0.15, -0.1) is 0 Å². The average Bonchev–Trinajstić information content (AvgIpc) is 2.56. The molecule has 1 saturated heterocycles. The van der Waals surface area contributed by atoms with Crippen molar-refractivity contribution in [2.75, 3.05) is 48.3 Å². The van der Waals surface area contributed by atoms with E-state index in [1.807, 2.05) is 25.4 Å². The van der Waals surface area contributed by atoms with Crippen LogP contribution in [-0.4, -0.2) is 48.2 Å². The molecule has 0 amide bonds. The van der Waals surface area contributed by atoms with Crippen LogP contribution in [-0.2, 0) is 0 Å². The van der Waals surface area contributed by atoms with Gasteiger partial charge in [-0.1, -0.05) is 6.07 Å². The zero-order valence-corrected chi connectivity index (χ0v) is 12.5. The Morgan fingerprint density at radius 1 is 1.00 bits per heavy atom. The topological polar surface area (TPSA) is 57.2 Å². The molecule has 0 aliphatic carbocycles. The van der Waals surface area contributed by atoms with Crippen molar-refractivity contribution in [1.29, 1.82) is 0 Å². The van der Waals surface area contributed by atoms with E-state index in [-0.39, 0.29) is 0 Å². The van der Waals surface area contributed by atoms with Crippen molar-refractivity contribution in [3.63, 3.8) is 0 Å². The minimum atomic E-state index is 0.896. The van der Waals surface area contributed by atoms with Gasteiger partial charge in [-0.2, -0.15) is 0 Å². The fraction of sp³-hybridized carbons (Fsp3) is 0.400. The van der Waals surface area contributed by atoms with E-state index in [2.05, 4.69) is 43.1 Å². The van der Waals surface area contributed by atoms with Crippen LogP contribution in [0.2, 0.25) is 0 Å². The lowest BCUT2D eigenvalue weighted by atomic mass is 10.2. The lowest BCUT2D eigenvalue weighted by Crippen LogP contribution is -2.47. The van der Waals surface area contributed by atoms with Crippen molar-refractivity contribution >= 4 is 17.5 Å². The third-order valence-corrected chi connectivity index (χ3v) is 3.85. The molecule has 3 heterocycles. The van der Waals surface area contributed by atoms with Gasteiger partial charge in [-0.3, -0.25) is 0 Å². The molecule has 6 heteroatoms. The molecule has 0 bridgehead atoms. The molecule has 1 aliphatic heterocycles. The van der Waals surface area contributed by atoms with Crippen LogP contribution in [0.5, 0.6) is 0 Å². The summed E-state index contributed by atoms with van der Waals surface area (Å²) in [5, 5.41) is 3.11. The third-order valence-electron chi connectivity index (χ3n) is 3.85. The summed E-state index contributed by atoms with van der Waals surface area (Å²) in [6.07, 6.45) is 3.47. The van der Waals surface area contributed by atoms with Gasteiger partial charge in [0.2, 0.25) is 0 Å². The number of nitrogens with zero attached hydrogens (tertiary/aromatic N) is 5. The van der Waals surface area contributed by atoms with Crippen molar-refractivity contribution in [3.8, 4) is 0 Å². The van der Waals surface area contributed by atoms with Crippen molar-refractivity contribution in [2.45, 2.75) is 6.92 Å². The van der Waals surface area contributed by atoms with Crippen LogP contribution in [0.15, 0.2) is 30.7 Å². The van der Waals surface area contributed by atoms with E-state index in [4.69, 9.17) is 0 Å². The van der Waals surface area contributed by atoms with Gasteiger partial charge in [0.1, 0.15) is 23.8 Å². The van der Waals surface area contributed by atoms with Crippen LogP contribution in [0.4, 0.5) is 17.5 Å². The van der Waals surface area contributed by atoms with E-state index >= 15 is 0 Å². The lowest BCUT2D eigenvalue weighted by Gasteiger charge is -2.36. The highest BCUT2D eigenvalue weighted by Gasteiger charge is 2.21. The first-order chi connectivity index (χ1) is 10.3. The van der Waals surface area contributed by atoms with Gasteiger partial charge in [-0.25, -0.2) is 15.0 Å². The van der Waals surface area contributed by atoms with Gasteiger partial charge in [0, 0.05) is 45.0 Å². The minimum Gasteiger partial charge on any atom is -0.373 e. The van der Waals surface area contributed by atoms with Crippen LogP contribution in [0.1, 0.15) is 5.56 Å². The summed E-state index contributed by atoms with van der Waals surface area (Å²) in [4.78, 5) is 17.7. The second kappa shape index (κ2) is 5.95. The Balaban J connectivity index is 1.72. The Kier molecular flexibility index (Phi) is 3.85. The zero-order chi connectivity index (χ0) is 14.7. The smallest absolute Gasteiger partial charge is 0.137 e. The molecule has 21 heavy (non-hydrogen) atoms. The minimum absolute atomic E-state index is 0.896. The fourth-order valence-corrected chi connectivity index (χ4v) is 2.70. The van der Waals surface area contributed by atoms with Gasteiger partial charge >= 0.3 is 0 Å².